The van der Waals surface area contributed by atoms with Crippen molar-refractivity contribution in [3.63, 3.8) is 0 Å². The Labute approximate surface area is 276 Å². The van der Waals surface area contributed by atoms with Crippen LogP contribution in [0, 0.1) is 0 Å². The van der Waals surface area contributed by atoms with E-state index in [1.165, 1.54) is 54.4 Å². The van der Waals surface area contributed by atoms with Crippen LogP contribution in [0.2, 0.25) is 0 Å². The molecule has 10 rings (SSSR count). The molecule has 6 aromatic carbocycles. The number of para-hydroxylation sites is 3. The molecule has 0 bridgehead atoms. The van der Waals surface area contributed by atoms with Gasteiger partial charge in [-0.3, -0.25) is 9.97 Å². The zero-order chi connectivity index (χ0) is 31.6. The fourth-order valence-corrected chi connectivity index (χ4v) is 7.51. The second-order valence-corrected chi connectivity index (χ2v) is 12.3. The van der Waals surface area contributed by atoms with Crippen molar-refractivity contribution in [3.8, 4) is 33.6 Å². The van der Waals surface area contributed by atoms with Crippen LogP contribution < -0.4 is 0 Å². The van der Waals surface area contributed by atoms with E-state index in [1.54, 1.807) is 0 Å². The minimum Gasteiger partial charge on any atom is -0.309 e. The van der Waals surface area contributed by atoms with E-state index in [1.807, 2.05) is 36.9 Å². The van der Waals surface area contributed by atoms with E-state index in [0.29, 0.717) is 0 Å². The van der Waals surface area contributed by atoms with Crippen molar-refractivity contribution in [1.29, 1.82) is 0 Å². The van der Waals surface area contributed by atoms with Gasteiger partial charge in [0.05, 0.1) is 22.1 Å². The van der Waals surface area contributed by atoms with Crippen molar-refractivity contribution in [2.45, 2.75) is 0 Å². The summed E-state index contributed by atoms with van der Waals surface area (Å²) in [6.45, 7) is 0. The summed E-state index contributed by atoms with van der Waals surface area (Å²) in [4.78, 5) is 8.91. The molecule has 0 aliphatic carbocycles. The topological polar surface area (TPSA) is 35.6 Å². The lowest BCUT2D eigenvalue weighted by Crippen LogP contribution is -1.97. The second kappa shape index (κ2) is 10.5. The molecule has 0 unspecified atom stereocenters. The van der Waals surface area contributed by atoms with E-state index in [4.69, 9.17) is 0 Å². The Morgan fingerprint density at radius 1 is 0.354 bits per heavy atom. The quantitative estimate of drug-likeness (QED) is 0.198. The van der Waals surface area contributed by atoms with E-state index in [2.05, 4.69) is 153 Å². The van der Waals surface area contributed by atoms with E-state index < -0.39 is 0 Å². The summed E-state index contributed by atoms with van der Waals surface area (Å²) in [5.41, 5.74) is 11.4. The predicted octanol–water partition coefficient (Wildman–Crippen LogP) is 11.2. The molecule has 0 amide bonds. The number of hydrogen-bond donors (Lipinski definition) is 0. The number of nitrogens with zero attached hydrogens (tertiary/aromatic N) is 4. The van der Waals surface area contributed by atoms with E-state index in [9.17, 15) is 0 Å². The Morgan fingerprint density at radius 2 is 0.979 bits per heavy atom. The highest BCUT2D eigenvalue weighted by molar-refractivity contribution is 6.23. The molecule has 4 aromatic heterocycles. The number of fused-ring (bicyclic) bond motifs is 8. The minimum absolute atomic E-state index is 1.07. The highest BCUT2D eigenvalue weighted by Crippen LogP contribution is 2.42. The highest BCUT2D eigenvalue weighted by atomic mass is 15.0. The maximum absolute atomic E-state index is 4.45. The van der Waals surface area contributed by atoms with Gasteiger partial charge in [0.15, 0.2) is 0 Å². The van der Waals surface area contributed by atoms with Gasteiger partial charge in [-0.05, 0) is 83.2 Å². The summed E-state index contributed by atoms with van der Waals surface area (Å²) in [5.74, 6) is 0. The Morgan fingerprint density at radius 3 is 1.65 bits per heavy atom. The van der Waals surface area contributed by atoms with Gasteiger partial charge < -0.3 is 9.13 Å². The van der Waals surface area contributed by atoms with Crippen LogP contribution in [0.5, 0.6) is 0 Å². The van der Waals surface area contributed by atoms with Crippen LogP contribution in [-0.2, 0) is 0 Å². The summed E-state index contributed by atoms with van der Waals surface area (Å²) in [5, 5.41) is 7.38. The molecule has 10 aromatic rings. The SMILES string of the molecule is c1ccc(-n2c3ccccc3c3cc4c(ccc5c6ccccc6n(-c6cc(-c7cccnc7)cc(-c7cccnc7)c6)c45)cc32)cc1. The van der Waals surface area contributed by atoms with Gasteiger partial charge >= 0.3 is 0 Å². The van der Waals surface area contributed by atoms with Crippen LogP contribution in [0.15, 0.2) is 170 Å². The molecule has 0 aliphatic rings. The average molecular weight is 613 g/mol. The number of aromatic nitrogens is 4. The van der Waals surface area contributed by atoms with Gasteiger partial charge in [0.2, 0.25) is 0 Å². The first-order valence-electron chi connectivity index (χ1n) is 16.2. The lowest BCUT2D eigenvalue weighted by Gasteiger charge is -2.15. The number of rotatable bonds is 4. The van der Waals surface area contributed by atoms with Crippen LogP contribution >= 0.6 is 0 Å². The third-order valence-corrected chi connectivity index (χ3v) is 9.62. The lowest BCUT2D eigenvalue weighted by atomic mass is 9.99. The average Bonchev–Trinajstić information content (AvgIpc) is 3.67. The van der Waals surface area contributed by atoms with Crippen LogP contribution in [0.25, 0.3) is 88.0 Å². The van der Waals surface area contributed by atoms with E-state index in [-0.39, 0.29) is 0 Å². The van der Waals surface area contributed by atoms with Crippen LogP contribution in [0.4, 0.5) is 0 Å². The Balaban J connectivity index is 1.34. The maximum atomic E-state index is 4.45. The monoisotopic (exact) mass is 612 g/mol. The Kier molecular flexibility index (Phi) is 5.84. The molecule has 0 N–H and O–H groups in total. The third-order valence-electron chi connectivity index (χ3n) is 9.62. The normalized spacial score (nSPS) is 11.8. The predicted molar refractivity (Wildman–Crippen MR) is 199 cm³/mol. The molecule has 4 heteroatoms. The molecule has 224 valence electrons. The van der Waals surface area contributed by atoms with Gasteiger partial charge in [-0.25, -0.2) is 0 Å². The first-order valence-corrected chi connectivity index (χ1v) is 16.2. The minimum atomic E-state index is 1.07. The van der Waals surface area contributed by atoms with Crippen molar-refractivity contribution < 1.29 is 0 Å². The number of benzene rings is 6. The lowest BCUT2D eigenvalue weighted by molar-refractivity contribution is 1.18. The molecule has 0 aliphatic heterocycles. The van der Waals surface area contributed by atoms with Crippen LogP contribution in [-0.4, -0.2) is 19.1 Å². The van der Waals surface area contributed by atoms with Crippen molar-refractivity contribution in [3.05, 3.63) is 170 Å². The number of pyridine rings is 2. The molecule has 48 heavy (non-hydrogen) atoms. The first kappa shape index (κ1) is 26.7. The standard InChI is InChI=1S/C44H28N4/c1-2-12-34(13-3-1)47-41-16-6-5-15-37(41)40-26-39-29(25-43(40)47)18-19-38-36-14-4-7-17-42(36)48(44(38)39)35-23-32(30-10-8-20-45-27-30)22-33(24-35)31-11-9-21-46-28-31/h1-28H. The molecule has 4 nitrogen and oxygen atoms in total. The summed E-state index contributed by atoms with van der Waals surface area (Å²) in [7, 11) is 0. The van der Waals surface area contributed by atoms with Gasteiger partial charge in [-0.15, -0.1) is 0 Å². The Bertz CT molecular complexity index is 2760. The Hall–Kier alpha value is -6.52. The zero-order valence-corrected chi connectivity index (χ0v) is 26.0. The van der Waals surface area contributed by atoms with Gasteiger partial charge in [0.25, 0.3) is 0 Å². The van der Waals surface area contributed by atoms with Crippen molar-refractivity contribution >= 4 is 54.4 Å². The van der Waals surface area contributed by atoms with Gasteiger partial charge in [0, 0.05) is 74.2 Å². The fraction of sp³-hybridized carbons (Fsp3) is 0. The van der Waals surface area contributed by atoms with Crippen molar-refractivity contribution in [1.82, 2.24) is 19.1 Å². The van der Waals surface area contributed by atoms with Gasteiger partial charge in [-0.2, -0.15) is 0 Å². The van der Waals surface area contributed by atoms with Crippen LogP contribution in [0.3, 0.4) is 0 Å². The smallest absolute Gasteiger partial charge is 0.0619 e. The first-order chi connectivity index (χ1) is 23.8. The van der Waals surface area contributed by atoms with E-state index >= 15 is 0 Å². The van der Waals surface area contributed by atoms with E-state index in [0.717, 1.165) is 33.6 Å². The van der Waals surface area contributed by atoms with Crippen molar-refractivity contribution in [2.75, 3.05) is 0 Å². The molecule has 4 heterocycles. The molecule has 0 fully saturated rings. The summed E-state index contributed by atoms with van der Waals surface area (Å²) in [6, 6.07) is 52.6. The largest absolute Gasteiger partial charge is 0.309 e. The molecular weight excluding hydrogens is 585 g/mol. The van der Waals surface area contributed by atoms with Crippen LogP contribution in [0.1, 0.15) is 0 Å². The molecule has 0 radical (unpaired) electrons. The molecule has 0 spiro atoms. The second-order valence-electron chi connectivity index (χ2n) is 12.3. The van der Waals surface area contributed by atoms with Gasteiger partial charge in [-0.1, -0.05) is 78.9 Å². The highest BCUT2D eigenvalue weighted by Gasteiger charge is 2.19. The number of hydrogen-bond acceptors (Lipinski definition) is 2. The van der Waals surface area contributed by atoms with Crippen molar-refractivity contribution in [2.24, 2.45) is 0 Å². The molecular formula is C44H28N4. The maximum Gasteiger partial charge on any atom is 0.0619 e. The fourth-order valence-electron chi connectivity index (χ4n) is 7.51. The summed E-state index contributed by atoms with van der Waals surface area (Å²) < 4.78 is 4.84. The summed E-state index contributed by atoms with van der Waals surface area (Å²) >= 11 is 0. The zero-order valence-electron chi connectivity index (χ0n) is 26.0. The third kappa shape index (κ3) is 4.03. The van der Waals surface area contributed by atoms with Gasteiger partial charge in [0.1, 0.15) is 0 Å². The molecule has 0 saturated carbocycles. The molecule has 0 atom stereocenters. The molecule has 0 saturated heterocycles. The summed E-state index contributed by atoms with van der Waals surface area (Å²) in [6.07, 6.45) is 7.52.